The van der Waals surface area contributed by atoms with Gasteiger partial charge < -0.3 is 5.32 Å². The molecule has 1 unspecified atom stereocenters. The summed E-state index contributed by atoms with van der Waals surface area (Å²) in [6, 6.07) is 1.76. The van der Waals surface area contributed by atoms with E-state index in [1.54, 1.807) is 18.1 Å². The van der Waals surface area contributed by atoms with Gasteiger partial charge in [-0.3, -0.25) is 14.6 Å². The highest BCUT2D eigenvalue weighted by atomic mass is 16.2. The summed E-state index contributed by atoms with van der Waals surface area (Å²) < 4.78 is 1.42. The lowest BCUT2D eigenvalue weighted by Crippen LogP contribution is -2.35. The molecule has 1 fully saturated rings. The molecule has 1 aromatic rings. The van der Waals surface area contributed by atoms with Crippen molar-refractivity contribution in [2.75, 3.05) is 12.4 Å². The van der Waals surface area contributed by atoms with E-state index < -0.39 is 5.92 Å². The number of aliphatic imine (C=N–C) groups is 2. The number of carbonyl (C=O) groups is 2. The molecule has 1 aromatic heterocycles. The van der Waals surface area contributed by atoms with Crippen LogP contribution in [0.15, 0.2) is 21.2 Å². The number of rotatable bonds is 2. The number of nitrogens with zero attached hydrogens (tertiary/aromatic N) is 6. The second kappa shape index (κ2) is 6.47. The molecule has 0 spiro atoms. The van der Waals surface area contributed by atoms with E-state index in [2.05, 4.69) is 25.5 Å². The zero-order chi connectivity index (χ0) is 18.3. The van der Waals surface area contributed by atoms with Crippen LogP contribution >= 0.6 is 0 Å². The van der Waals surface area contributed by atoms with E-state index in [0.717, 1.165) is 25.7 Å². The van der Waals surface area contributed by atoms with E-state index in [0.29, 0.717) is 17.3 Å². The molecule has 9 nitrogen and oxygen atoms in total. The van der Waals surface area contributed by atoms with E-state index in [-0.39, 0.29) is 23.7 Å². The number of hydrazone groups is 1. The van der Waals surface area contributed by atoms with Crippen LogP contribution in [0, 0.1) is 18.8 Å². The van der Waals surface area contributed by atoms with Gasteiger partial charge in [-0.05, 0) is 19.8 Å². The fourth-order valence-electron chi connectivity index (χ4n) is 3.53. The number of amidine groups is 1. The lowest BCUT2D eigenvalue weighted by atomic mass is 9.89. The Morgan fingerprint density at radius 1 is 1.23 bits per heavy atom. The lowest BCUT2D eigenvalue weighted by Gasteiger charge is -2.21. The van der Waals surface area contributed by atoms with E-state index >= 15 is 0 Å². The van der Waals surface area contributed by atoms with Crippen LogP contribution in [0.3, 0.4) is 0 Å². The second-order valence-corrected chi connectivity index (χ2v) is 6.89. The maximum Gasteiger partial charge on any atom is 0.265 e. The number of aromatic nitrogens is 2. The van der Waals surface area contributed by atoms with E-state index in [1.165, 1.54) is 17.3 Å². The molecule has 136 valence electrons. The van der Waals surface area contributed by atoms with Crippen LogP contribution in [0.2, 0.25) is 0 Å². The number of carbonyl (C=O) groups excluding carboxylic acids is 2. The van der Waals surface area contributed by atoms with Gasteiger partial charge in [0.25, 0.3) is 11.9 Å². The minimum Gasteiger partial charge on any atom is -0.310 e. The molecule has 1 saturated carbocycles. The minimum atomic E-state index is -0.541. The summed E-state index contributed by atoms with van der Waals surface area (Å²) in [6.45, 7) is 1.82. The third-order valence-corrected chi connectivity index (χ3v) is 4.94. The summed E-state index contributed by atoms with van der Waals surface area (Å²) in [6.07, 6.45) is 6.70. The normalized spacial score (nSPS) is 22.9. The highest BCUT2D eigenvalue weighted by Gasteiger charge is 2.35. The zero-order valence-electron chi connectivity index (χ0n) is 14.8. The summed E-state index contributed by atoms with van der Waals surface area (Å²) in [5, 5.41) is 12.9. The SMILES string of the molecule is Cc1cc(NC(=O)C2CCCCC2)n(C2=NC(=O)C3C=NN(C)C3=N2)n1. The van der Waals surface area contributed by atoms with Crippen LogP contribution in [-0.2, 0) is 9.59 Å². The van der Waals surface area contributed by atoms with Gasteiger partial charge in [-0.25, -0.2) is 0 Å². The van der Waals surface area contributed by atoms with Gasteiger partial charge in [0.1, 0.15) is 17.6 Å². The number of aryl methyl sites for hydroxylation is 1. The Labute approximate surface area is 150 Å². The monoisotopic (exact) mass is 355 g/mol. The first kappa shape index (κ1) is 16.6. The van der Waals surface area contributed by atoms with Gasteiger partial charge in [-0.1, -0.05) is 19.3 Å². The number of nitrogens with one attached hydrogen (secondary N) is 1. The summed E-state index contributed by atoms with van der Waals surface area (Å²) in [4.78, 5) is 33.3. The summed E-state index contributed by atoms with van der Waals surface area (Å²) in [5.41, 5.74) is 0.706. The van der Waals surface area contributed by atoms with Crippen LogP contribution in [0.25, 0.3) is 0 Å². The number of fused-ring (bicyclic) bond motifs is 1. The topological polar surface area (TPSA) is 104 Å². The molecule has 2 amide bonds. The van der Waals surface area contributed by atoms with Crippen molar-refractivity contribution in [3.63, 3.8) is 0 Å². The molecule has 26 heavy (non-hydrogen) atoms. The van der Waals surface area contributed by atoms with Crippen molar-refractivity contribution in [3.05, 3.63) is 11.8 Å². The van der Waals surface area contributed by atoms with Crippen LogP contribution < -0.4 is 5.32 Å². The molecule has 0 aromatic carbocycles. The fraction of sp³-hybridized carbons (Fsp3) is 0.529. The molecule has 1 atom stereocenters. The van der Waals surface area contributed by atoms with Crippen LogP contribution in [0.5, 0.6) is 0 Å². The van der Waals surface area contributed by atoms with Crippen molar-refractivity contribution in [2.45, 2.75) is 39.0 Å². The van der Waals surface area contributed by atoms with Crippen molar-refractivity contribution in [1.29, 1.82) is 0 Å². The Morgan fingerprint density at radius 2 is 2.00 bits per heavy atom. The van der Waals surface area contributed by atoms with Crippen molar-refractivity contribution in [2.24, 2.45) is 26.9 Å². The smallest absolute Gasteiger partial charge is 0.265 e. The average molecular weight is 355 g/mol. The molecule has 9 heteroatoms. The minimum absolute atomic E-state index is 0.0135. The number of hydrogen-bond acceptors (Lipinski definition) is 6. The second-order valence-electron chi connectivity index (χ2n) is 6.89. The Morgan fingerprint density at radius 3 is 2.77 bits per heavy atom. The molecule has 4 rings (SSSR count). The Kier molecular flexibility index (Phi) is 4.14. The average Bonchev–Trinajstić information content (AvgIpc) is 3.19. The molecule has 1 aliphatic carbocycles. The maximum atomic E-state index is 12.6. The van der Waals surface area contributed by atoms with Gasteiger partial charge in [0.2, 0.25) is 5.91 Å². The van der Waals surface area contributed by atoms with E-state index in [1.807, 2.05) is 6.92 Å². The third kappa shape index (κ3) is 2.93. The Balaban J connectivity index is 1.61. The van der Waals surface area contributed by atoms with Gasteiger partial charge in [0.15, 0.2) is 0 Å². The maximum absolute atomic E-state index is 12.6. The number of amides is 2. The van der Waals surface area contributed by atoms with Crippen molar-refractivity contribution in [1.82, 2.24) is 14.8 Å². The highest BCUT2D eigenvalue weighted by Crippen LogP contribution is 2.25. The molecular weight excluding hydrogens is 334 g/mol. The molecular formula is C17H21N7O2. The summed E-state index contributed by atoms with van der Waals surface area (Å²) in [5.74, 6) is 0.265. The first-order valence-corrected chi connectivity index (χ1v) is 8.90. The number of anilines is 1. The Bertz CT molecular complexity index is 845. The van der Waals surface area contributed by atoms with Crippen LogP contribution in [-0.4, -0.2) is 51.7 Å². The molecule has 3 aliphatic rings. The molecule has 0 radical (unpaired) electrons. The van der Waals surface area contributed by atoms with E-state index in [4.69, 9.17) is 0 Å². The molecule has 1 N–H and O–H groups in total. The van der Waals surface area contributed by atoms with Gasteiger partial charge in [-0.15, -0.1) is 0 Å². The van der Waals surface area contributed by atoms with Gasteiger partial charge in [0, 0.05) is 25.2 Å². The first-order chi connectivity index (χ1) is 12.5. The van der Waals surface area contributed by atoms with Crippen molar-refractivity contribution >= 4 is 35.6 Å². The van der Waals surface area contributed by atoms with Crippen LogP contribution in [0.4, 0.5) is 5.82 Å². The summed E-state index contributed by atoms with van der Waals surface area (Å²) in [7, 11) is 1.73. The highest BCUT2D eigenvalue weighted by molar-refractivity contribution is 6.24. The zero-order valence-corrected chi connectivity index (χ0v) is 14.8. The number of hydrogen-bond donors (Lipinski definition) is 1. The molecule has 0 saturated heterocycles. The standard InChI is InChI=1S/C17H21N7O2/c1-10-8-13(19-15(25)11-6-4-3-5-7-11)24(22-10)17-20-14-12(16(26)21-17)9-18-23(14)2/h8-9,11-12H,3-7H2,1-2H3,(H,19,25). The Hall–Kier alpha value is -2.84. The van der Waals surface area contributed by atoms with Crippen molar-refractivity contribution in [3.8, 4) is 0 Å². The van der Waals surface area contributed by atoms with Gasteiger partial charge in [-0.2, -0.15) is 24.9 Å². The largest absolute Gasteiger partial charge is 0.310 e. The quantitative estimate of drug-likeness (QED) is 0.866. The predicted molar refractivity (Wildman–Crippen MR) is 97.2 cm³/mol. The summed E-state index contributed by atoms with van der Waals surface area (Å²) >= 11 is 0. The van der Waals surface area contributed by atoms with E-state index in [9.17, 15) is 9.59 Å². The predicted octanol–water partition coefficient (Wildman–Crippen LogP) is 1.40. The first-order valence-electron chi connectivity index (χ1n) is 8.90. The molecule has 3 heterocycles. The van der Waals surface area contributed by atoms with Crippen LogP contribution in [0.1, 0.15) is 37.8 Å². The molecule has 2 aliphatic heterocycles. The van der Waals surface area contributed by atoms with Gasteiger partial charge in [0.05, 0.1) is 5.69 Å². The van der Waals surface area contributed by atoms with Gasteiger partial charge >= 0.3 is 0 Å². The lowest BCUT2D eigenvalue weighted by molar-refractivity contribution is -0.121. The van der Waals surface area contributed by atoms with Crippen molar-refractivity contribution < 1.29 is 9.59 Å². The molecule has 0 bridgehead atoms. The third-order valence-electron chi connectivity index (χ3n) is 4.94. The fourth-order valence-corrected chi connectivity index (χ4v) is 3.53.